The molecule has 0 bridgehead atoms. The zero-order valence-electron chi connectivity index (χ0n) is 11.7. The number of amides is 1. The summed E-state index contributed by atoms with van der Waals surface area (Å²) in [6.45, 7) is 3.71. The molecular formula is C14H17FN4O. The summed E-state index contributed by atoms with van der Waals surface area (Å²) in [5, 5.41) is 6.67. The highest BCUT2D eigenvalue weighted by Gasteiger charge is 2.14. The number of aromatic nitrogens is 2. The monoisotopic (exact) mass is 276 g/mol. The zero-order valence-corrected chi connectivity index (χ0v) is 11.7. The van der Waals surface area contributed by atoms with Crippen molar-refractivity contribution < 1.29 is 9.18 Å². The summed E-state index contributed by atoms with van der Waals surface area (Å²) < 4.78 is 14.9. The van der Waals surface area contributed by atoms with Crippen LogP contribution in [0.25, 0.3) is 0 Å². The van der Waals surface area contributed by atoms with Gasteiger partial charge in [0.1, 0.15) is 11.5 Å². The smallest absolute Gasteiger partial charge is 0.271 e. The highest BCUT2D eigenvalue weighted by atomic mass is 19.1. The highest BCUT2D eigenvalue weighted by Crippen LogP contribution is 2.15. The highest BCUT2D eigenvalue weighted by molar-refractivity contribution is 5.97. The first-order chi connectivity index (χ1) is 9.40. The van der Waals surface area contributed by atoms with Crippen LogP contribution in [0.1, 0.15) is 27.2 Å². The van der Waals surface area contributed by atoms with Crippen LogP contribution in [0.15, 0.2) is 18.3 Å². The second-order valence-corrected chi connectivity index (χ2v) is 4.80. The van der Waals surface area contributed by atoms with Gasteiger partial charge in [-0.2, -0.15) is 5.10 Å². The van der Waals surface area contributed by atoms with Gasteiger partial charge in [0.15, 0.2) is 0 Å². The molecule has 106 valence electrons. The van der Waals surface area contributed by atoms with E-state index in [-0.39, 0.29) is 11.7 Å². The molecule has 1 aromatic carbocycles. The Bertz CT molecular complexity index is 621. The molecule has 0 aliphatic rings. The number of carbonyl (C=O) groups excluding carboxylic acids is 1. The van der Waals surface area contributed by atoms with Crippen molar-refractivity contribution in [3.8, 4) is 0 Å². The third-order valence-corrected chi connectivity index (χ3v) is 3.13. The van der Waals surface area contributed by atoms with Gasteiger partial charge in [-0.1, -0.05) is 12.1 Å². The number of benzene rings is 1. The normalized spacial score (nSPS) is 10.6. The molecule has 0 aliphatic carbocycles. The first-order valence-corrected chi connectivity index (χ1v) is 6.21. The number of hydrogen-bond donors (Lipinski definition) is 2. The van der Waals surface area contributed by atoms with Crippen molar-refractivity contribution in [2.24, 2.45) is 7.05 Å². The van der Waals surface area contributed by atoms with Crippen LogP contribution in [0.2, 0.25) is 0 Å². The number of nitrogens with zero attached hydrogens (tertiary/aromatic N) is 2. The lowest BCUT2D eigenvalue weighted by atomic mass is 10.1. The Kier molecular flexibility index (Phi) is 3.74. The van der Waals surface area contributed by atoms with Crippen LogP contribution in [0.5, 0.6) is 0 Å². The Labute approximate surface area is 116 Å². The van der Waals surface area contributed by atoms with E-state index < -0.39 is 0 Å². The maximum atomic E-state index is 13.5. The molecule has 5 nitrogen and oxygen atoms in total. The Hall–Kier alpha value is -2.37. The Morgan fingerprint density at radius 2 is 2.00 bits per heavy atom. The van der Waals surface area contributed by atoms with Gasteiger partial charge in [0, 0.05) is 13.6 Å². The number of rotatable bonds is 3. The number of hydrogen-bond acceptors (Lipinski definition) is 3. The summed E-state index contributed by atoms with van der Waals surface area (Å²) in [4.78, 5) is 12.0. The quantitative estimate of drug-likeness (QED) is 0.896. The SMILES string of the molecule is Cc1cc(CNC(=O)c2c(N)cnn2C)cc(C)c1F. The third kappa shape index (κ3) is 2.64. The van der Waals surface area contributed by atoms with E-state index in [0.29, 0.717) is 29.1 Å². The van der Waals surface area contributed by atoms with Crippen molar-refractivity contribution in [3.63, 3.8) is 0 Å². The van der Waals surface area contributed by atoms with Crippen molar-refractivity contribution in [2.75, 3.05) is 5.73 Å². The molecule has 1 amide bonds. The van der Waals surface area contributed by atoms with Gasteiger partial charge in [0.05, 0.1) is 11.9 Å². The zero-order chi connectivity index (χ0) is 14.9. The van der Waals surface area contributed by atoms with Gasteiger partial charge in [-0.3, -0.25) is 9.48 Å². The number of aryl methyl sites for hydroxylation is 3. The van der Waals surface area contributed by atoms with Crippen LogP contribution in [0.4, 0.5) is 10.1 Å². The van der Waals surface area contributed by atoms with Gasteiger partial charge >= 0.3 is 0 Å². The Balaban J connectivity index is 2.12. The van der Waals surface area contributed by atoms with Gasteiger partial charge < -0.3 is 11.1 Å². The second kappa shape index (κ2) is 5.32. The number of carbonyl (C=O) groups is 1. The maximum absolute atomic E-state index is 13.5. The molecule has 0 unspecified atom stereocenters. The van der Waals surface area contributed by atoms with Gasteiger partial charge in [-0.25, -0.2) is 4.39 Å². The van der Waals surface area contributed by atoms with E-state index in [1.54, 1.807) is 33.0 Å². The van der Waals surface area contributed by atoms with Crippen LogP contribution >= 0.6 is 0 Å². The fourth-order valence-electron chi connectivity index (χ4n) is 2.14. The lowest BCUT2D eigenvalue weighted by molar-refractivity contribution is 0.0942. The van der Waals surface area contributed by atoms with Gasteiger partial charge in [0.2, 0.25) is 0 Å². The fraction of sp³-hybridized carbons (Fsp3) is 0.286. The molecule has 2 rings (SSSR count). The van der Waals surface area contributed by atoms with E-state index in [2.05, 4.69) is 10.4 Å². The minimum atomic E-state index is -0.304. The summed E-state index contributed by atoms with van der Waals surface area (Å²) in [7, 11) is 1.65. The molecule has 1 heterocycles. The summed E-state index contributed by atoms with van der Waals surface area (Å²) >= 11 is 0. The van der Waals surface area contributed by atoms with E-state index >= 15 is 0 Å². The first-order valence-electron chi connectivity index (χ1n) is 6.21. The standard InChI is InChI=1S/C14H17FN4O/c1-8-4-10(5-9(2)12(8)15)6-17-14(20)13-11(16)7-18-19(13)3/h4-5,7H,6,16H2,1-3H3,(H,17,20). The summed E-state index contributed by atoms with van der Waals surface area (Å²) in [5.74, 6) is -0.516. The van der Waals surface area contributed by atoms with Gasteiger partial charge in [-0.05, 0) is 30.5 Å². The molecule has 0 spiro atoms. The van der Waals surface area contributed by atoms with Crippen LogP contribution in [-0.4, -0.2) is 15.7 Å². The van der Waals surface area contributed by atoms with Crippen molar-refractivity contribution in [1.29, 1.82) is 0 Å². The predicted molar refractivity (Wildman–Crippen MR) is 74.7 cm³/mol. The molecule has 0 saturated heterocycles. The summed E-state index contributed by atoms with van der Waals surface area (Å²) in [6, 6.07) is 3.43. The van der Waals surface area contributed by atoms with E-state index in [9.17, 15) is 9.18 Å². The molecule has 0 aliphatic heterocycles. The fourth-order valence-corrected chi connectivity index (χ4v) is 2.14. The van der Waals surface area contributed by atoms with Crippen LogP contribution in [0, 0.1) is 19.7 Å². The second-order valence-electron chi connectivity index (χ2n) is 4.80. The molecule has 3 N–H and O–H groups in total. The average Bonchev–Trinajstić information content (AvgIpc) is 2.72. The number of halogens is 1. The van der Waals surface area contributed by atoms with E-state index in [4.69, 9.17) is 5.73 Å². The van der Waals surface area contributed by atoms with E-state index in [0.717, 1.165) is 5.56 Å². The Morgan fingerprint density at radius 3 is 2.50 bits per heavy atom. The summed E-state index contributed by atoms with van der Waals surface area (Å²) in [5.41, 5.74) is 8.31. The van der Waals surface area contributed by atoms with Crippen molar-refractivity contribution in [1.82, 2.24) is 15.1 Å². The molecule has 0 saturated carbocycles. The van der Waals surface area contributed by atoms with E-state index in [1.807, 2.05) is 0 Å². The van der Waals surface area contributed by atoms with Gasteiger partial charge in [0.25, 0.3) is 5.91 Å². The number of nitrogens with two attached hydrogens (primary N) is 1. The van der Waals surface area contributed by atoms with Crippen molar-refractivity contribution in [2.45, 2.75) is 20.4 Å². The van der Waals surface area contributed by atoms with Crippen LogP contribution in [-0.2, 0) is 13.6 Å². The molecule has 1 aromatic heterocycles. The average molecular weight is 276 g/mol. The molecule has 0 atom stereocenters. The summed E-state index contributed by atoms with van der Waals surface area (Å²) in [6.07, 6.45) is 1.43. The Morgan fingerprint density at radius 1 is 1.40 bits per heavy atom. The number of nitrogens with one attached hydrogen (secondary N) is 1. The molecular weight excluding hydrogens is 259 g/mol. The lowest BCUT2D eigenvalue weighted by Gasteiger charge is -2.09. The molecule has 6 heteroatoms. The van der Waals surface area contributed by atoms with Crippen LogP contribution in [0.3, 0.4) is 0 Å². The minimum absolute atomic E-state index is 0.212. The molecule has 20 heavy (non-hydrogen) atoms. The predicted octanol–water partition coefficient (Wildman–Crippen LogP) is 1.69. The van der Waals surface area contributed by atoms with Gasteiger partial charge in [-0.15, -0.1) is 0 Å². The van der Waals surface area contributed by atoms with Crippen molar-refractivity contribution >= 4 is 11.6 Å². The lowest BCUT2D eigenvalue weighted by Crippen LogP contribution is -2.26. The molecule has 0 fully saturated rings. The van der Waals surface area contributed by atoms with Crippen molar-refractivity contribution in [3.05, 3.63) is 46.5 Å². The molecule has 0 radical (unpaired) electrons. The largest absolute Gasteiger partial charge is 0.396 e. The maximum Gasteiger partial charge on any atom is 0.271 e. The van der Waals surface area contributed by atoms with E-state index in [1.165, 1.54) is 10.9 Å². The topological polar surface area (TPSA) is 72.9 Å². The number of nitrogen functional groups attached to an aromatic ring is 1. The molecule has 2 aromatic rings. The minimum Gasteiger partial charge on any atom is -0.396 e. The first kappa shape index (κ1) is 14.0. The number of anilines is 1. The van der Waals surface area contributed by atoms with Crippen LogP contribution < -0.4 is 11.1 Å². The third-order valence-electron chi connectivity index (χ3n) is 3.13.